The Balaban J connectivity index is 2.28. The lowest BCUT2D eigenvalue weighted by atomic mass is 9.99. The molecule has 1 atom stereocenters. The van der Waals surface area contributed by atoms with Crippen molar-refractivity contribution in [2.45, 2.75) is 33.2 Å². The van der Waals surface area contributed by atoms with Crippen LogP contribution >= 0.6 is 0 Å². The highest BCUT2D eigenvalue weighted by Crippen LogP contribution is 2.21. The predicted octanol–water partition coefficient (Wildman–Crippen LogP) is 3.07. The summed E-state index contributed by atoms with van der Waals surface area (Å²) in [4.78, 5) is 0. The van der Waals surface area contributed by atoms with Gasteiger partial charge in [-0.2, -0.15) is 5.10 Å². The molecule has 0 fully saturated rings. The smallest absolute Gasteiger partial charge is 0.123 e. The molecular weight excluding hydrogens is 253 g/mol. The van der Waals surface area contributed by atoms with E-state index in [0.29, 0.717) is 0 Å². The van der Waals surface area contributed by atoms with E-state index in [4.69, 9.17) is 0 Å². The van der Waals surface area contributed by atoms with Crippen molar-refractivity contribution in [2.75, 3.05) is 6.54 Å². The Labute approximate surface area is 119 Å². The molecule has 0 aliphatic carbocycles. The summed E-state index contributed by atoms with van der Waals surface area (Å²) in [5.41, 5.74) is 4.09. The maximum atomic E-state index is 13.6. The summed E-state index contributed by atoms with van der Waals surface area (Å²) in [5.74, 6) is -0.177. The van der Waals surface area contributed by atoms with Gasteiger partial charge in [-0.05, 0) is 49.7 Å². The van der Waals surface area contributed by atoms with Gasteiger partial charge in [-0.1, -0.05) is 13.0 Å². The van der Waals surface area contributed by atoms with Gasteiger partial charge in [-0.25, -0.2) is 4.39 Å². The number of benzene rings is 1. The minimum Gasteiger partial charge on any atom is -0.310 e. The first-order chi connectivity index (χ1) is 9.49. The van der Waals surface area contributed by atoms with Gasteiger partial charge in [0.05, 0.1) is 5.69 Å². The third-order valence-electron chi connectivity index (χ3n) is 3.43. The van der Waals surface area contributed by atoms with E-state index in [1.165, 1.54) is 0 Å². The van der Waals surface area contributed by atoms with Crippen LogP contribution in [0.25, 0.3) is 0 Å². The monoisotopic (exact) mass is 275 g/mol. The minimum atomic E-state index is -0.177. The minimum absolute atomic E-state index is 0.101. The zero-order chi connectivity index (χ0) is 14.7. The molecule has 1 aromatic heterocycles. The van der Waals surface area contributed by atoms with Crippen molar-refractivity contribution in [3.8, 4) is 0 Å². The van der Waals surface area contributed by atoms with Gasteiger partial charge in [0, 0.05) is 25.2 Å². The van der Waals surface area contributed by atoms with Crippen LogP contribution in [0, 0.1) is 19.7 Å². The lowest BCUT2D eigenvalue weighted by Crippen LogP contribution is -2.24. The molecule has 3 nitrogen and oxygen atoms in total. The molecule has 1 unspecified atom stereocenters. The summed E-state index contributed by atoms with van der Waals surface area (Å²) in [6.45, 7) is 6.81. The third-order valence-corrected chi connectivity index (χ3v) is 3.43. The summed E-state index contributed by atoms with van der Waals surface area (Å²) in [5, 5.41) is 7.80. The molecule has 0 saturated carbocycles. The molecule has 0 saturated heterocycles. The normalized spacial score (nSPS) is 12.7. The lowest BCUT2D eigenvalue weighted by Gasteiger charge is -2.19. The van der Waals surface area contributed by atoms with E-state index in [-0.39, 0.29) is 11.9 Å². The van der Waals surface area contributed by atoms with Crippen LogP contribution in [-0.4, -0.2) is 16.3 Å². The van der Waals surface area contributed by atoms with Crippen LogP contribution in [0.2, 0.25) is 0 Å². The first kappa shape index (κ1) is 14.7. The van der Waals surface area contributed by atoms with Crippen LogP contribution in [0.4, 0.5) is 4.39 Å². The predicted molar refractivity (Wildman–Crippen MR) is 79.2 cm³/mol. The van der Waals surface area contributed by atoms with Crippen molar-refractivity contribution in [1.29, 1.82) is 0 Å². The van der Waals surface area contributed by atoms with Gasteiger partial charge in [0.15, 0.2) is 0 Å². The molecule has 0 bridgehead atoms. The van der Waals surface area contributed by atoms with Gasteiger partial charge in [-0.3, -0.25) is 4.68 Å². The van der Waals surface area contributed by atoms with Gasteiger partial charge in [0.2, 0.25) is 0 Å². The maximum Gasteiger partial charge on any atom is 0.123 e. The fourth-order valence-corrected chi connectivity index (χ4v) is 2.58. The molecule has 0 aliphatic heterocycles. The van der Waals surface area contributed by atoms with Crippen molar-refractivity contribution in [3.63, 3.8) is 0 Å². The molecule has 0 spiro atoms. The summed E-state index contributed by atoms with van der Waals surface area (Å²) in [7, 11) is 1.95. The Morgan fingerprint density at radius 2 is 2.00 bits per heavy atom. The van der Waals surface area contributed by atoms with Gasteiger partial charge in [0.25, 0.3) is 0 Å². The number of hydrogen-bond acceptors (Lipinski definition) is 2. The Morgan fingerprint density at radius 3 is 2.55 bits per heavy atom. The van der Waals surface area contributed by atoms with Crippen molar-refractivity contribution in [2.24, 2.45) is 7.05 Å². The highest BCUT2D eigenvalue weighted by atomic mass is 19.1. The Bertz CT molecular complexity index is 569. The lowest BCUT2D eigenvalue weighted by molar-refractivity contribution is 0.523. The summed E-state index contributed by atoms with van der Waals surface area (Å²) < 4.78 is 15.5. The van der Waals surface area contributed by atoms with Crippen LogP contribution < -0.4 is 5.32 Å². The number of nitrogens with zero attached hydrogens (tertiary/aromatic N) is 2. The Hall–Kier alpha value is -1.68. The molecule has 0 aliphatic rings. The number of nitrogens with one attached hydrogen (secondary N) is 1. The van der Waals surface area contributed by atoms with Crippen LogP contribution in [0.1, 0.15) is 35.5 Å². The second kappa shape index (κ2) is 6.18. The zero-order valence-corrected chi connectivity index (χ0v) is 12.6. The first-order valence-electron chi connectivity index (χ1n) is 6.99. The molecule has 1 aromatic carbocycles. The molecule has 2 rings (SSSR count). The molecule has 2 aromatic rings. The Kier molecular flexibility index (Phi) is 4.55. The quantitative estimate of drug-likeness (QED) is 0.909. The number of aromatic nitrogens is 2. The summed E-state index contributed by atoms with van der Waals surface area (Å²) >= 11 is 0. The van der Waals surface area contributed by atoms with E-state index in [1.807, 2.05) is 31.6 Å². The maximum absolute atomic E-state index is 13.6. The number of hydrogen-bond donors (Lipinski definition) is 1. The second-order valence-corrected chi connectivity index (χ2v) is 5.28. The van der Waals surface area contributed by atoms with E-state index in [2.05, 4.69) is 23.4 Å². The van der Waals surface area contributed by atoms with Crippen molar-refractivity contribution >= 4 is 0 Å². The first-order valence-corrected chi connectivity index (χ1v) is 6.99. The zero-order valence-electron chi connectivity index (χ0n) is 12.6. The number of rotatable bonds is 5. The molecule has 108 valence electrons. The molecule has 1 N–H and O–H groups in total. The number of aryl methyl sites for hydroxylation is 3. The van der Waals surface area contributed by atoms with E-state index in [9.17, 15) is 4.39 Å². The van der Waals surface area contributed by atoms with E-state index in [1.54, 1.807) is 12.1 Å². The average molecular weight is 275 g/mol. The van der Waals surface area contributed by atoms with Gasteiger partial charge in [-0.15, -0.1) is 0 Å². The van der Waals surface area contributed by atoms with Gasteiger partial charge in [0.1, 0.15) is 5.82 Å². The van der Waals surface area contributed by atoms with Crippen molar-refractivity contribution < 1.29 is 4.39 Å². The molecule has 0 amide bonds. The summed E-state index contributed by atoms with van der Waals surface area (Å²) in [6.07, 6.45) is 0.800. The number of likely N-dealkylation sites (N-methyl/N-ethyl adjacent to an activating group) is 1. The van der Waals surface area contributed by atoms with Crippen LogP contribution in [-0.2, 0) is 13.5 Å². The average Bonchev–Trinajstić information content (AvgIpc) is 2.66. The van der Waals surface area contributed by atoms with E-state index in [0.717, 1.165) is 35.5 Å². The van der Waals surface area contributed by atoms with Crippen LogP contribution in [0.5, 0.6) is 0 Å². The highest BCUT2D eigenvalue weighted by molar-refractivity contribution is 5.27. The Morgan fingerprint density at radius 1 is 1.25 bits per heavy atom. The third kappa shape index (κ3) is 3.45. The standard InChI is InChI=1S/C16H22FN3/c1-5-18-16(10-15-8-12(3)19-20(15)4)13-6-11(2)7-14(17)9-13/h6-9,16,18H,5,10H2,1-4H3. The molecule has 4 heteroatoms. The molecule has 0 radical (unpaired) electrons. The van der Waals surface area contributed by atoms with Crippen LogP contribution in [0.15, 0.2) is 24.3 Å². The van der Waals surface area contributed by atoms with E-state index >= 15 is 0 Å². The highest BCUT2D eigenvalue weighted by Gasteiger charge is 2.15. The SMILES string of the molecule is CCNC(Cc1cc(C)nn1C)c1cc(C)cc(F)c1. The molecule has 20 heavy (non-hydrogen) atoms. The number of halogens is 1. The fourth-order valence-electron chi connectivity index (χ4n) is 2.58. The van der Waals surface area contributed by atoms with Gasteiger partial charge >= 0.3 is 0 Å². The summed E-state index contributed by atoms with van der Waals surface area (Å²) in [6, 6.07) is 7.39. The van der Waals surface area contributed by atoms with Crippen molar-refractivity contribution in [1.82, 2.24) is 15.1 Å². The largest absolute Gasteiger partial charge is 0.310 e. The molecular formula is C16H22FN3. The second-order valence-electron chi connectivity index (χ2n) is 5.28. The molecule has 1 heterocycles. The van der Waals surface area contributed by atoms with E-state index < -0.39 is 0 Å². The topological polar surface area (TPSA) is 29.9 Å². The van der Waals surface area contributed by atoms with Crippen molar-refractivity contribution in [3.05, 3.63) is 52.6 Å². The van der Waals surface area contributed by atoms with Gasteiger partial charge < -0.3 is 5.32 Å². The fraction of sp³-hybridized carbons (Fsp3) is 0.438. The van der Waals surface area contributed by atoms with Crippen LogP contribution in [0.3, 0.4) is 0 Å².